The number of methoxy groups -OCH3 is 1. The van der Waals surface area contributed by atoms with Crippen LogP contribution >= 0.6 is 0 Å². The predicted molar refractivity (Wildman–Crippen MR) is 219 cm³/mol. The summed E-state index contributed by atoms with van der Waals surface area (Å²) in [7, 11) is 1.33. The highest BCUT2D eigenvalue weighted by molar-refractivity contribution is 5.97. The monoisotopic (exact) mass is 844 g/mol. The van der Waals surface area contributed by atoms with Crippen LogP contribution in [0.2, 0.25) is 0 Å². The number of benzene rings is 1. The molecule has 3 fully saturated rings. The van der Waals surface area contributed by atoms with Crippen LogP contribution in [0.3, 0.4) is 0 Å². The third kappa shape index (κ3) is 11.4. The second kappa shape index (κ2) is 18.9. The summed E-state index contributed by atoms with van der Waals surface area (Å²) in [4.78, 5) is 80.4. The average molecular weight is 845 g/mol. The zero-order valence-electron chi connectivity index (χ0n) is 35.5. The summed E-state index contributed by atoms with van der Waals surface area (Å²) < 4.78 is 49.9. The molecule has 3 heterocycles. The Balaban J connectivity index is 1.27. The van der Waals surface area contributed by atoms with Crippen molar-refractivity contribution in [2.45, 2.75) is 129 Å². The zero-order chi connectivity index (χ0) is 44.1. The Morgan fingerprint density at radius 2 is 1.63 bits per heavy atom. The molecule has 330 valence electrons. The molecule has 5 rings (SSSR count). The number of aromatic carboxylic acids is 1. The number of anilines is 1. The smallest absolute Gasteiger partial charge is 0.408 e. The van der Waals surface area contributed by atoms with Crippen LogP contribution in [0.4, 0.5) is 24.1 Å². The molecule has 16 nitrogen and oxygen atoms in total. The van der Waals surface area contributed by atoms with Gasteiger partial charge in [0.15, 0.2) is 11.6 Å². The van der Waals surface area contributed by atoms with Crippen LogP contribution in [0.5, 0.6) is 5.75 Å². The number of unbranched alkanes of at least 4 members (excludes halogenated alkanes) is 1. The Bertz CT molecular complexity index is 2070. The third-order valence-electron chi connectivity index (χ3n) is 10.4. The summed E-state index contributed by atoms with van der Waals surface area (Å²) >= 11 is 0. The van der Waals surface area contributed by atoms with Crippen molar-refractivity contribution in [1.82, 2.24) is 25.4 Å². The van der Waals surface area contributed by atoms with E-state index in [1.54, 1.807) is 51.0 Å². The van der Waals surface area contributed by atoms with Crippen LogP contribution in [-0.4, -0.2) is 108 Å². The van der Waals surface area contributed by atoms with Gasteiger partial charge >= 0.3 is 18.2 Å². The number of carbonyl (C=O) groups excluding carboxylic acids is 4. The van der Waals surface area contributed by atoms with Crippen molar-refractivity contribution in [3.05, 3.63) is 45.3 Å². The van der Waals surface area contributed by atoms with Gasteiger partial charge in [-0.05, 0) is 111 Å². The number of nitrogens with zero attached hydrogens (tertiary/aromatic N) is 3. The molecular formula is C42H58F2N6O10. The third-order valence-corrected chi connectivity index (χ3v) is 10.4. The number of carboxylic acid groups (broad SMARTS) is 1. The number of rotatable bonds is 14. The first-order chi connectivity index (χ1) is 28.2. The molecule has 4 amide bonds. The van der Waals surface area contributed by atoms with Crippen LogP contribution in [0, 0.1) is 5.82 Å². The van der Waals surface area contributed by atoms with Crippen LogP contribution in [0.1, 0.15) is 116 Å². The van der Waals surface area contributed by atoms with E-state index in [-0.39, 0.29) is 54.4 Å². The number of alkyl carbamates (subject to hydrolysis) is 2. The van der Waals surface area contributed by atoms with Gasteiger partial charge in [-0.3, -0.25) is 14.4 Å². The quantitative estimate of drug-likeness (QED) is 0.170. The average Bonchev–Trinajstić information content (AvgIpc) is 3.89. The van der Waals surface area contributed by atoms with Gasteiger partial charge in [-0.15, -0.1) is 0 Å². The molecule has 1 aromatic carbocycles. The second-order valence-corrected chi connectivity index (χ2v) is 17.5. The maximum absolute atomic E-state index is 16.0. The Morgan fingerprint density at radius 3 is 2.27 bits per heavy atom. The van der Waals surface area contributed by atoms with Gasteiger partial charge in [0.2, 0.25) is 17.2 Å². The molecule has 18 heteroatoms. The van der Waals surface area contributed by atoms with E-state index in [9.17, 15) is 33.9 Å². The minimum absolute atomic E-state index is 0.0184. The van der Waals surface area contributed by atoms with E-state index in [0.29, 0.717) is 50.6 Å². The Kier molecular flexibility index (Phi) is 14.4. The molecular weight excluding hydrogens is 786 g/mol. The first kappa shape index (κ1) is 45.7. The van der Waals surface area contributed by atoms with Crippen LogP contribution < -0.4 is 31.0 Å². The Labute approximate surface area is 347 Å². The standard InChI is InChI=1S/C42H58F2N6O10/c1-41(2,3)59-39(56)45-17-9-8-13-30(47-40(57)60-42(4,5)6)37(53)49-19-11-14-31(49)36(52)46-21-29(44)24-12-10-18-48(22-24)33-28(43)20-26-32(35(33)58-7)50(25-15-16-25)23-27(34(26)51)38(54)55/h20,23,25,30-31H,8-19,21-22H2,1-7H3,(H,45,56)(H,46,52)(H,47,57)(H,54,55)/t30-,31-/m0/s1. The summed E-state index contributed by atoms with van der Waals surface area (Å²) in [5.74, 6) is -3.86. The topological polar surface area (TPSA) is 198 Å². The Hall–Kier alpha value is -5.42. The lowest BCUT2D eigenvalue weighted by molar-refractivity contribution is -0.140. The normalized spacial score (nSPS) is 18.4. The molecule has 2 saturated heterocycles. The lowest BCUT2D eigenvalue weighted by Crippen LogP contribution is -2.54. The summed E-state index contributed by atoms with van der Waals surface area (Å²) in [6, 6.07) is -1.03. The van der Waals surface area contributed by atoms with Crippen molar-refractivity contribution in [3.63, 3.8) is 0 Å². The minimum Gasteiger partial charge on any atom is -0.492 e. The van der Waals surface area contributed by atoms with Crippen LogP contribution in [0.15, 0.2) is 28.5 Å². The number of nitrogens with one attached hydrogen (secondary N) is 3. The fourth-order valence-electron chi connectivity index (χ4n) is 7.60. The van der Waals surface area contributed by atoms with Crippen molar-refractivity contribution in [2.75, 3.05) is 44.7 Å². The van der Waals surface area contributed by atoms with Gasteiger partial charge in [-0.2, -0.15) is 0 Å². The molecule has 1 saturated carbocycles. The van der Waals surface area contributed by atoms with Crippen LogP contribution in [0.25, 0.3) is 10.9 Å². The summed E-state index contributed by atoms with van der Waals surface area (Å²) in [5, 5.41) is 17.5. The maximum Gasteiger partial charge on any atom is 0.408 e. The van der Waals surface area contributed by atoms with Crippen molar-refractivity contribution in [2.24, 2.45) is 0 Å². The first-order valence-electron chi connectivity index (χ1n) is 20.5. The highest BCUT2D eigenvalue weighted by Gasteiger charge is 2.38. The molecule has 0 spiro atoms. The summed E-state index contributed by atoms with van der Waals surface area (Å²) in [5.41, 5.74) is -2.18. The molecule has 0 unspecified atom stereocenters. The molecule has 2 atom stereocenters. The number of likely N-dealkylation sites (tertiary alicyclic amines) is 1. The fourth-order valence-corrected chi connectivity index (χ4v) is 7.60. The number of pyridine rings is 1. The van der Waals surface area contributed by atoms with Gasteiger partial charge in [-0.25, -0.2) is 23.2 Å². The highest BCUT2D eigenvalue weighted by Crippen LogP contribution is 2.44. The van der Waals surface area contributed by atoms with E-state index in [1.807, 2.05) is 0 Å². The van der Waals surface area contributed by atoms with Gasteiger partial charge in [-0.1, -0.05) is 0 Å². The van der Waals surface area contributed by atoms with Crippen molar-refractivity contribution < 1.29 is 52.1 Å². The highest BCUT2D eigenvalue weighted by atomic mass is 19.1. The van der Waals surface area contributed by atoms with Gasteiger partial charge in [0, 0.05) is 38.4 Å². The number of amides is 4. The van der Waals surface area contributed by atoms with E-state index in [1.165, 1.54) is 18.2 Å². The van der Waals surface area contributed by atoms with E-state index >= 15 is 8.78 Å². The number of aromatic nitrogens is 1. The largest absolute Gasteiger partial charge is 0.492 e. The SMILES string of the molecule is COc1c(N2CCCC(=C(F)CNC(=O)[C@@H]3CCCN3C(=O)[C@H](CCCCNC(=O)OC(C)(C)C)NC(=O)OC(C)(C)C)C2)c(F)cc2c(=O)c(C(=O)O)cn(C3CC3)c12. The molecule has 0 radical (unpaired) electrons. The summed E-state index contributed by atoms with van der Waals surface area (Å²) in [6.45, 7) is 10.7. The van der Waals surface area contributed by atoms with E-state index in [2.05, 4.69) is 16.0 Å². The molecule has 1 aromatic heterocycles. The van der Waals surface area contributed by atoms with Crippen LogP contribution in [-0.2, 0) is 19.1 Å². The maximum atomic E-state index is 16.0. The Morgan fingerprint density at radius 1 is 0.950 bits per heavy atom. The lowest BCUT2D eigenvalue weighted by Gasteiger charge is -2.33. The molecule has 60 heavy (non-hydrogen) atoms. The van der Waals surface area contributed by atoms with Crippen molar-refractivity contribution in [1.29, 1.82) is 0 Å². The number of hydrogen-bond donors (Lipinski definition) is 4. The molecule has 1 aliphatic carbocycles. The molecule has 3 aliphatic rings. The number of carbonyl (C=O) groups is 5. The summed E-state index contributed by atoms with van der Waals surface area (Å²) in [6.07, 6.45) is 4.10. The van der Waals surface area contributed by atoms with Crippen molar-refractivity contribution in [3.8, 4) is 5.75 Å². The van der Waals surface area contributed by atoms with E-state index in [4.69, 9.17) is 14.2 Å². The first-order valence-corrected chi connectivity index (χ1v) is 20.5. The van der Waals surface area contributed by atoms with E-state index in [0.717, 1.165) is 18.9 Å². The molecule has 0 bridgehead atoms. The lowest BCUT2D eigenvalue weighted by atomic mass is 10.0. The molecule has 4 N–H and O–H groups in total. The minimum atomic E-state index is -1.42. The van der Waals surface area contributed by atoms with Gasteiger partial charge in [0.1, 0.15) is 40.4 Å². The molecule has 2 aromatic rings. The van der Waals surface area contributed by atoms with Gasteiger partial charge in [0.25, 0.3) is 0 Å². The second-order valence-electron chi connectivity index (χ2n) is 17.5. The fraction of sp³-hybridized carbons (Fsp3) is 0.619. The van der Waals surface area contributed by atoms with Gasteiger partial charge < -0.3 is 49.6 Å². The number of hydrogen-bond acceptors (Lipinski definition) is 10. The molecule has 2 aliphatic heterocycles. The number of fused-ring (bicyclic) bond motifs is 1. The number of piperidine rings is 1. The van der Waals surface area contributed by atoms with Gasteiger partial charge in [0.05, 0.1) is 24.6 Å². The predicted octanol–water partition coefficient (Wildman–Crippen LogP) is 5.70. The van der Waals surface area contributed by atoms with E-state index < -0.39 is 82.4 Å². The van der Waals surface area contributed by atoms with Crippen molar-refractivity contribution >= 4 is 46.6 Å². The number of carboxylic acids is 1. The zero-order valence-corrected chi connectivity index (χ0v) is 35.5. The number of ether oxygens (including phenoxy) is 3. The number of halogens is 2.